The van der Waals surface area contributed by atoms with Crippen LogP contribution < -0.4 is 4.90 Å². The van der Waals surface area contributed by atoms with E-state index in [9.17, 15) is 13.2 Å². The van der Waals surface area contributed by atoms with E-state index in [-0.39, 0.29) is 17.7 Å². The Morgan fingerprint density at radius 3 is 2.32 bits per heavy atom. The third-order valence-corrected chi connectivity index (χ3v) is 8.27. The summed E-state index contributed by atoms with van der Waals surface area (Å²) in [6.45, 7) is 0. The highest BCUT2D eigenvalue weighted by molar-refractivity contribution is 7.90. The minimum Gasteiger partial charge on any atom is -0.378 e. The van der Waals surface area contributed by atoms with Crippen molar-refractivity contribution in [2.24, 2.45) is 5.10 Å². The van der Waals surface area contributed by atoms with Gasteiger partial charge in [0, 0.05) is 44.2 Å². The fourth-order valence-corrected chi connectivity index (χ4v) is 5.86. The van der Waals surface area contributed by atoms with Gasteiger partial charge in [-0.05, 0) is 53.1 Å². The van der Waals surface area contributed by atoms with Gasteiger partial charge in [-0.15, -0.1) is 0 Å². The van der Waals surface area contributed by atoms with Crippen LogP contribution in [0.1, 0.15) is 39.5 Å². The van der Waals surface area contributed by atoms with Crippen LogP contribution in [0.2, 0.25) is 0 Å². The third-order valence-electron chi connectivity index (χ3n) is 6.56. The van der Waals surface area contributed by atoms with Crippen molar-refractivity contribution in [2.45, 2.75) is 23.1 Å². The molecule has 8 heteroatoms. The van der Waals surface area contributed by atoms with Crippen molar-refractivity contribution in [1.29, 1.82) is 0 Å². The van der Waals surface area contributed by atoms with E-state index in [1.54, 1.807) is 59.9 Å². The predicted molar refractivity (Wildman–Crippen MR) is 149 cm³/mol. The van der Waals surface area contributed by atoms with Gasteiger partial charge in [-0.1, -0.05) is 54.6 Å². The molecule has 1 aromatic heterocycles. The monoisotopic (exact) mass is 524 g/mol. The topological polar surface area (TPSA) is 82.9 Å². The minimum atomic E-state index is -3.44. The van der Waals surface area contributed by atoms with Crippen LogP contribution >= 0.6 is 0 Å². The Hall–Kier alpha value is -4.30. The number of anilines is 1. The highest BCUT2D eigenvalue weighted by Crippen LogP contribution is 2.35. The fraction of sp³-hybridized carbons (Fsp3) is 0.167. The summed E-state index contributed by atoms with van der Waals surface area (Å²) in [5.41, 5.74) is 4.85. The van der Waals surface area contributed by atoms with Gasteiger partial charge in [-0.25, -0.2) is 13.4 Å². The molecule has 0 radical (unpaired) electrons. The number of hydrogen-bond donors (Lipinski definition) is 0. The summed E-state index contributed by atoms with van der Waals surface area (Å²) < 4.78 is 25.6. The van der Waals surface area contributed by atoms with Gasteiger partial charge in [0.2, 0.25) is 0 Å². The number of hydrazone groups is 1. The van der Waals surface area contributed by atoms with Crippen molar-refractivity contribution in [3.8, 4) is 0 Å². The van der Waals surface area contributed by atoms with Crippen LogP contribution in [-0.4, -0.2) is 44.1 Å². The summed E-state index contributed by atoms with van der Waals surface area (Å²) in [6.07, 6.45) is 3.73. The number of nitrogens with zero attached hydrogens (tertiary/aromatic N) is 4. The lowest BCUT2D eigenvalue weighted by molar-refractivity contribution is 0.0711. The molecule has 3 aromatic carbocycles. The SMILES string of the molecule is CN(C)c1cccc(C2CC(c3ccc(CS(=O)(=O)c4ccccc4)cc3)=NN2C(=O)c2ccncc2)c1. The van der Waals surface area contributed by atoms with Gasteiger partial charge in [-0.3, -0.25) is 9.78 Å². The molecule has 1 aliphatic heterocycles. The molecule has 0 saturated heterocycles. The normalized spacial score (nSPS) is 15.3. The molecule has 0 bridgehead atoms. The van der Waals surface area contributed by atoms with E-state index >= 15 is 0 Å². The van der Waals surface area contributed by atoms with Crippen LogP contribution in [0.3, 0.4) is 0 Å². The van der Waals surface area contributed by atoms with Crippen molar-refractivity contribution in [2.75, 3.05) is 19.0 Å². The van der Waals surface area contributed by atoms with Gasteiger partial charge in [0.1, 0.15) is 0 Å². The average Bonchev–Trinajstić information content (AvgIpc) is 3.39. The van der Waals surface area contributed by atoms with Crippen molar-refractivity contribution in [3.05, 3.63) is 126 Å². The number of pyridine rings is 1. The van der Waals surface area contributed by atoms with Crippen molar-refractivity contribution >= 4 is 27.1 Å². The molecule has 2 heterocycles. The number of benzene rings is 3. The molecule has 4 aromatic rings. The van der Waals surface area contributed by atoms with Gasteiger partial charge in [-0.2, -0.15) is 5.10 Å². The van der Waals surface area contributed by atoms with Gasteiger partial charge < -0.3 is 4.90 Å². The molecule has 0 spiro atoms. The second kappa shape index (κ2) is 10.6. The summed E-state index contributed by atoms with van der Waals surface area (Å²) in [5.74, 6) is -0.288. The highest BCUT2D eigenvalue weighted by atomic mass is 32.2. The molecule has 0 fully saturated rings. The van der Waals surface area contributed by atoms with Crippen molar-refractivity contribution in [1.82, 2.24) is 9.99 Å². The van der Waals surface area contributed by atoms with Gasteiger partial charge in [0.05, 0.1) is 22.4 Å². The second-order valence-electron chi connectivity index (χ2n) is 9.41. The lowest BCUT2D eigenvalue weighted by Gasteiger charge is -2.23. The Morgan fingerprint density at radius 1 is 0.921 bits per heavy atom. The minimum absolute atomic E-state index is 0.0869. The molecule has 0 N–H and O–H groups in total. The zero-order valence-corrected chi connectivity index (χ0v) is 22.0. The average molecular weight is 525 g/mol. The number of amides is 1. The van der Waals surface area contributed by atoms with Crippen LogP contribution in [-0.2, 0) is 15.6 Å². The Balaban J connectivity index is 1.44. The van der Waals surface area contributed by atoms with E-state index in [0.29, 0.717) is 22.4 Å². The van der Waals surface area contributed by atoms with Crippen molar-refractivity contribution in [3.63, 3.8) is 0 Å². The maximum Gasteiger partial charge on any atom is 0.274 e. The molecule has 1 aliphatic rings. The lowest BCUT2D eigenvalue weighted by Crippen LogP contribution is -2.27. The lowest BCUT2D eigenvalue weighted by atomic mass is 9.97. The van der Waals surface area contributed by atoms with Crippen LogP contribution in [0.4, 0.5) is 5.69 Å². The largest absolute Gasteiger partial charge is 0.378 e. The first-order chi connectivity index (χ1) is 18.3. The first-order valence-corrected chi connectivity index (χ1v) is 13.9. The van der Waals surface area contributed by atoms with E-state index in [2.05, 4.69) is 11.1 Å². The Labute approximate surface area is 223 Å². The fourth-order valence-electron chi connectivity index (χ4n) is 4.49. The molecule has 7 nitrogen and oxygen atoms in total. The first kappa shape index (κ1) is 25.4. The van der Waals surface area contributed by atoms with Gasteiger partial charge in [0.25, 0.3) is 5.91 Å². The molecule has 1 amide bonds. The molecule has 0 saturated carbocycles. The summed E-state index contributed by atoms with van der Waals surface area (Å²) in [5, 5.41) is 6.32. The van der Waals surface area contributed by atoms with Gasteiger partial charge >= 0.3 is 0 Å². The quantitative estimate of drug-likeness (QED) is 0.335. The summed E-state index contributed by atoms with van der Waals surface area (Å²) >= 11 is 0. The van der Waals surface area contributed by atoms with Crippen LogP contribution in [0, 0.1) is 0 Å². The number of carbonyl (C=O) groups excluding carboxylic acids is 1. The molecular weight excluding hydrogens is 496 g/mol. The summed E-state index contributed by atoms with van der Waals surface area (Å²) in [6, 6.07) is 27.0. The Morgan fingerprint density at radius 2 is 1.63 bits per heavy atom. The smallest absolute Gasteiger partial charge is 0.274 e. The van der Waals surface area contributed by atoms with Crippen LogP contribution in [0.15, 0.2) is 113 Å². The molecule has 1 unspecified atom stereocenters. The molecule has 192 valence electrons. The number of hydrogen-bond acceptors (Lipinski definition) is 6. The maximum atomic E-state index is 13.5. The summed E-state index contributed by atoms with van der Waals surface area (Å²) in [4.78, 5) is 19.8. The highest BCUT2D eigenvalue weighted by Gasteiger charge is 2.34. The van der Waals surface area contributed by atoms with E-state index in [1.807, 2.05) is 61.5 Å². The van der Waals surface area contributed by atoms with E-state index in [0.717, 1.165) is 22.5 Å². The predicted octanol–water partition coefficient (Wildman–Crippen LogP) is 5.11. The number of aromatic nitrogens is 1. The molecule has 38 heavy (non-hydrogen) atoms. The van der Waals surface area contributed by atoms with Crippen LogP contribution in [0.5, 0.6) is 0 Å². The number of rotatable bonds is 7. The number of sulfone groups is 1. The van der Waals surface area contributed by atoms with Gasteiger partial charge in [0.15, 0.2) is 9.84 Å². The number of carbonyl (C=O) groups is 1. The van der Waals surface area contributed by atoms with Crippen LogP contribution in [0.25, 0.3) is 0 Å². The van der Waals surface area contributed by atoms with E-state index in [4.69, 9.17) is 5.10 Å². The standard InChI is InChI=1S/C30H28N4O3S/c1-33(2)26-8-6-7-25(19-26)29-20-28(32-34(29)30(35)24-15-17-31-18-16-24)23-13-11-22(12-14-23)21-38(36,37)27-9-4-3-5-10-27/h3-19,29H,20-21H2,1-2H3. The molecule has 1 atom stereocenters. The molecule has 5 rings (SSSR count). The first-order valence-electron chi connectivity index (χ1n) is 12.3. The Bertz CT molecular complexity index is 1570. The third kappa shape index (κ3) is 5.35. The maximum absolute atomic E-state index is 13.5. The zero-order valence-electron chi connectivity index (χ0n) is 21.2. The van der Waals surface area contributed by atoms with E-state index < -0.39 is 9.84 Å². The molecular formula is C30H28N4O3S. The second-order valence-corrected chi connectivity index (χ2v) is 11.4. The van der Waals surface area contributed by atoms with Crippen molar-refractivity contribution < 1.29 is 13.2 Å². The molecule has 0 aliphatic carbocycles. The Kier molecular flexibility index (Phi) is 7.07. The van der Waals surface area contributed by atoms with E-state index in [1.165, 1.54) is 0 Å². The zero-order chi connectivity index (χ0) is 26.7. The summed E-state index contributed by atoms with van der Waals surface area (Å²) in [7, 11) is 0.519.